The Morgan fingerprint density at radius 3 is 2.08 bits per heavy atom. The minimum atomic E-state index is -1.26. The lowest BCUT2D eigenvalue weighted by Crippen LogP contribution is -2.44. The molecular formula is C30H31NO7. The van der Waals surface area contributed by atoms with Gasteiger partial charge in [-0.2, -0.15) is 0 Å². The van der Waals surface area contributed by atoms with Gasteiger partial charge in [-0.05, 0) is 60.7 Å². The van der Waals surface area contributed by atoms with Crippen LogP contribution in [0.4, 0.5) is 4.79 Å². The number of benzene rings is 3. The fourth-order valence-electron chi connectivity index (χ4n) is 4.64. The first kappa shape index (κ1) is 26.7. The number of nitrogens with zero attached hydrogens (tertiary/aromatic N) is 1. The molecule has 0 saturated heterocycles. The van der Waals surface area contributed by atoms with Crippen LogP contribution >= 0.6 is 0 Å². The second kappa shape index (κ2) is 10.6. The van der Waals surface area contributed by atoms with Crippen LogP contribution in [0.2, 0.25) is 0 Å². The van der Waals surface area contributed by atoms with Gasteiger partial charge in [0.1, 0.15) is 29.6 Å². The highest BCUT2D eigenvalue weighted by atomic mass is 16.6. The number of phenolic OH excluding ortho intramolecular Hbond substituents is 1. The molecule has 2 N–H and O–H groups in total. The van der Waals surface area contributed by atoms with E-state index in [0.29, 0.717) is 5.56 Å². The summed E-state index contributed by atoms with van der Waals surface area (Å²) in [6.45, 7) is 5.17. The van der Waals surface area contributed by atoms with Crippen LogP contribution in [0.1, 0.15) is 53.7 Å². The molecule has 0 spiro atoms. The van der Waals surface area contributed by atoms with Crippen LogP contribution in [0.3, 0.4) is 0 Å². The summed E-state index contributed by atoms with van der Waals surface area (Å²) < 4.78 is 10.9. The first-order chi connectivity index (χ1) is 18.0. The number of carbonyl (C=O) groups is 3. The number of ether oxygens (including phenoxy) is 2. The summed E-state index contributed by atoms with van der Waals surface area (Å²) >= 11 is 0. The van der Waals surface area contributed by atoms with E-state index >= 15 is 0 Å². The highest BCUT2D eigenvalue weighted by molar-refractivity contribution is 5.93. The second-order valence-corrected chi connectivity index (χ2v) is 10.3. The number of aromatic hydroxyl groups is 1. The number of amides is 1. The van der Waals surface area contributed by atoms with Crippen LogP contribution in [-0.2, 0) is 20.7 Å². The van der Waals surface area contributed by atoms with E-state index < -0.39 is 29.7 Å². The highest BCUT2D eigenvalue weighted by Crippen LogP contribution is 2.44. The van der Waals surface area contributed by atoms with Gasteiger partial charge in [0.25, 0.3) is 0 Å². The third-order valence-corrected chi connectivity index (χ3v) is 6.49. The van der Waals surface area contributed by atoms with Gasteiger partial charge in [0, 0.05) is 19.4 Å². The van der Waals surface area contributed by atoms with Crippen molar-refractivity contribution in [1.82, 2.24) is 4.90 Å². The number of esters is 1. The maximum Gasteiger partial charge on any atom is 0.410 e. The van der Waals surface area contributed by atoms with Crippen molar-refractivity contribution >= 4 is 18.0 Å². The number of hydrogen-bond donors (Lipinski definition) is 2. The van der Waals surface area contributed by atoms with Crippen LogP contribution < -0.4 is 0 Å². The van der Waals surface area contributed by atoms with Crippen LogP contribution in [-0.4, -0.2) is 58.4 Å². The Morgan fingerprint density at radius 2 is 1.53 bits per heavy atom. The fraction of sp³-hybridized carbons (Fsp3) is 0.300. The van der Waals surface area contributed by atoms with Crippen molar-refractivity contribution in [2.75, 3.05) is 13.7 Å². The Morgan fingerprint density at radius 1 is 0.947 bits per heavy atom. The largest absolute Gasteiger partial charge is 0.507 e. The fourth-order valence-corrected chi connectivity index (χ4v) is 4.64. The summed E-state index contributed by atoms with van der Waals surface area (Å²) in [5, 5.41) is 20.0. The quantitative estimate of drug-likeness (QED) is 0.413. The van der Waals surface area contributed by atoms with Gasteiger partial charge in [-0.25, -0.2) is 14.4 Å². The summed E-state index contributed by atoms with van der Waals surface area (Å²) in [5.41, 5.74) is 3.88. The monoisotopic (exact) mass is 517 g/mol. The Kier molecular flexibility index (Phi) is 7.44. The van der Waals surface area contributed by atoms with Crippen molar-refractivity contribution in [1.29, 1.82) is 0 Å². The van der Waals surface area contributed by atoms with Crippen molar-refractivity contribution in [2.24, 2.45) is 0 Å². The Bertz CT molecular complexity index is 1330. The first-order valence-electron chi connectivity index (χ1n) is 12.3. The molecule has 0 aromatic heterocycles. The summed E-state index contributed by atoms with van der Waals surface area (Å²) in [5.74, 6) is -2.39. The Labute approximate surface area is 221 Å². The molecule has 8 heteroatoms. The molecule has 1 atom stereocenters. The van der Waals surface area contributed by atoms with Crippen molar-refractivity contribution in [3.63, 3.8) is 0 Å². The van der Waals surface area contributed by atoms with E-state index in [1.165, 1.54) is 25.2 Å². The molecular weight excluding hydrogens is 486 g/mol. The average molecular weight is 518 g/mol. The first-order valence-corrected chi connectivity index (χ1v) is 12.3. The van der Waals surface area contributed by atoms with Gasteiger partial charge < -0.3 is 19.7 Å². The third kappa shape index (κ3) is 5.64. The van der Waals surface area contributed by atoms with Crippen LogP contribution in [0.5, 0.6) is 5.75 Å². The normalized spacial score (nSPS) is 13.3. The lowest BCUT2D eigenvalue weighted by atomic mass is 9.98. The van der Waals surface area contributed by atoms with E-state index in [0.717, 1.165) is 27.2 Å². The van der Waals surface area contributed by atoms with Crippen LogP contribution in [0.15, 0.2) is 66.7 Å². The van der Waals surface area contributed by atoms with Crippen molar-refractivity contribution < 1.29 is 34.1 Å². The summed E-state index contributed by atoms with van der Waals surface area (Å²) in [6.07, 6.45) is -0.878. The summed E-state index contributed by atoms with van der Waals surface area (Å²) in [6, 6.07) is 18.8. The predicted octanol–water partition coefficient (Wildman–Crippen LogP) is 5.22. The van der Waals surface area contributed by atoms with Crippen LogP contribution in [0.25, 0.3) is 11.1 Å². The van der Waals surface area contributed by atoms with E-state index in [4.69, 9.17) is 9.47 Å². The van der Waals surface area contributed by atoms with Gasteiger partial charge in [0.15, 0.2) is 0 Å². The van der Waals surface area contributed by atoms with E-state index in [-0.39, 0.29) is 30.3 Å². The van der Waals surface area contributed by atoms with Gasteiger partial charge in [0.2, 0.25) is 0 Å². The number of fused-ring (bicyclic) bond motifs is 3. The minimum absolute atomic E-state index is 0.0611. The summed E-state index contributed by atoms with van der Waals surface area (Å²) in [7, 11) is 1.37. The highest BCUT2D eigenvalue weighted by Gasteiger charge is 2.32. The van der Waals surface area contributed by atoms with Gasteiger partial charge >= 0.3 is 18.0 Å². The maximum atomic E-state index is 13.0. The Balaban J connectivity index is 1.48. The number of carboxylic acids is 1. The third-order valence-electron chi connectivity index (χ3n) is 6.49. The van der Waals surface area contributed by atoms with E-state index in [9.17, 15) is 24.6 Å². The molecule has 3 aromatic carbocycles. The van der Waals surface area contributed by atoms with E-state index in [1.54, 1.807) is 20.8 Å². The number of phenols is 1. The van der Waals surface area contributed by atoms with Crippen molar-refractivity contribution in [3.05, 3.63) is 89.0 Å². The molecule has 1 aliphatic rings. The topological polar surface area (TPSA) is 113 Å². The number of rotatable bonds is 7. The molecule has 198 valence electrons. The minimum Gasteiger partial charge on any atom is -0.507 e. The standard InChI is InChI=1S/C30H31NO7/c1-30(2,3)38-28(35)23-15-18(13-14-26(23)32)16-25(27(33)34)31(4)29(36)37-17-24-21-11-7-5-9-19(21)20-10-6-8-12-22(20)24/h5-15,24-25,32H,16-17H2,1-4H3,(H,33,34). The van der Waals surface area contributed by atoms with Gasteiger partial charge in [-0.1, -0.05) is 54.6 Å². The molecule has 38 heavy (non-hydrogen) atoms. The van der Waals surface area contributed by atoms with Crippen LogP contribution in [0, 0.1) is 0 Å². The molecule has 1 amide bonds. The van der Waals surface area contributed by atoms with Gasteiger partial charge in [-0.15, -0.1) is 0 Å². The zero-order chi connectivity index (χ0) is 27.6. The molecule has 3 aromatic rings. The number of hydrogen-bond acceptors (Lipinski definition) is 6. The van der Waals surface area contributed by atoms with Crippen molar-refractivity contribution in [2.45, 2.75) is 44.8 Å². The van der Waals surface area contributed by atoms with E-state index in [1.807, 2.05) is 48.5 Å². The lowest BCUT2D eigenvalue weighted by molar-refractivity contribution is -0.142. The average Bonchev–Trinajstić information content (AvgIpc) is 3.18. The molecule has 0 bridgehead atoms. The molecule has 0 radical (unpaired) electrons. The number of carbonyl (C=O) groups excluding carboxylic acids is 2. The zero-order valence-corrected chi connectivity index (χ0v) is 21.8. The zero-order valence-electron chi connectivity index (χ0n) is 21.8. The number of likely N-dealkylation sites (N-methyl/N-ethyl adjacent to an activating group) is 1. The molecule has 1 aliphatic carbocycles. The summed E-state index contributed by atoms with van der Waals surface area (Å²) in [4.78, 5) is 38.6. The van der Waals surface area contributed by atoms with Gasteiger partial charge in [0.05, 0.1) is 0 Å². The molecule has 0 heterocycles. The molecule has 0 fully saturated rings. The smallest absolute Gasteiger partial charge is 0.410 e. The molecule has 0 aliphatic heterocycles. The molecule has 0 saturated carbocycles. The maximum absolute atomic E-state index is 13.0. The second-order valence-electron chi connectivity index (χ2n) is 10.3. The molecule has 8 nitrogen and oxygen atoms in total. The Hall–Kier alpha value is -4.33. The number of carboxylic acid groups (broad SMARTS) is 1. The van der Waals surface area contributed by atoms with E-state index in [2.05, 4.69) is 0 Å². The number of aliphatic carboxylic acids is 1. The van der Waals surface area contributed by atoms with Gasteiger partial charge in [-0.3, -0.25) is 4.90 Å². The predicted molar refractivity (Wildman–Crippen MR) is 141 cm³/mol. The van der Waals surface area contributed by atoms with Crippen molar-refractivity contribution in [3.8, 4) is 16.9 Å². The molecule has 4 rings (SSSR count). The molecule has 1 unspecified atom stereocenters. The lowest BCUT2D eigenvalue weighted by Gasteiger charge is -2.25. The SMILES string of the molecule is CN(C(=O)OCC1c2ccccc2-c2ccccc21)C(Cc1ccc(O)c(C(=O)OC(C)(C)C)c1)C(=O)O.